The van der Waals surface area contributed by atoms with Crippen molar-refractivity contribution >= 4 is 56.5 Å². The second kappa shape index (κ2) is 11.2. The van der Waals surface area contributed by atoms with Gasteiger partial charge >= 0.3 is 0 Å². The molecule has 1 saturated heterocycles. The van der Waals surface area contributed by atoms with E-state index in [4.69, 9.17) is 4.74 Å². The molecule has 9 heteroatoms. The number of amides is 3. The van der Waals surface area contributed by atoms with Gasteiger partial charge in [-0.1, -0.05) is 51.8 Å². The first-order chi connectivity index (χ1) is 17.3. The lowest BCUT2D eigenvalue weighted by Crippen LogP contribution is -2.36. The van der Waals surface area contributed by atoms with Gasteiger partial charge in [0.05, 0.1) is 16.5 Å². The fourth-order valence-electron chi connectivity index (χ4n) is 3.43. The number of carbonyl (C=O) groups excluding carboxylic acids is 3. The van der Waals surface area contributed by atoms with E-state index in [-0.39, 0.29) is 18.1 Å². The van der Waals surface area contributed by atoms with E-state index < -0.39 is 17.1 Å². The highest BCUT2D eigenvalue weighted by molar-refractivity contribution is 9.10. The molecule has 1 heterocycles. The second-order valence-corrected chi connectivity index (χ2v) is 9.83. The topological polar surface area (TPSA) is 99.5 Å². The summed E-state index contributed by atoms with van der Waals surface area (Å²) in [5.41, 5.74) is 3.46. The lowest BCUT2D eigenvalue weighted by molar-refractivity contribution is -0.127. The highest BCUT2D eigenvalue weighted by Crippen LogP contribution is 2.35. The van der Waals surface area contributed by atoms with Crippen LogP contribution in [0.15, 0.2) is 76.1 Å². The minimum Gasteiger partial charge on any atom is -0.488 e. The maximum Gasteiger partial charge on any atom is 0.294 e. The van der Waals surface area contributed by atoms with Crippen LogP contribution >= 0.6 is 27.7 Å². The molecule has 0 aliphatic carbocycles. The first kappa shape index (κ1) is 25.2. The van der Waals surface area contributed by atoms with Crippen molar-refractivity contribution in [1.82, 2.24) is 4.90 Å². The van der Waals surface area contributed by atoms with Gasteiger partial charge in [-0.15, -0.1) is 0 Å². The van der Waals surface area contributed by atoms with E-state index in [9.17, 15) is 19.6 Å². The van der Waals surface area contributed by atoms with Crippen LogP contribution in [0.2, 0.25) is 0 Å². The summed E-state index contributed by atoms with van der Waals surface area (Å²) >= 11 is 4.19. The van der Waals surface area contributed by atoms with Crippen LogP contribution in [0.1, 0.15) is 22.3 Å². The summed E-state index contributed by atoms with van der Waals surface area (Å²) in [5, 5.41) is 11.5. The van der Waals surface area contributed by atoms with Gasteiger partial charge in [-0.3, -0.25) is 19.3 Å². The van der Waals surface area contributed by atoms with E-state index in [2.05, 4.69) is 27.3 Å². The van der Waals surface area contributed by atoms with Crippen LogP contribution in [0, 0.1) is 18.3 Å². The molecule has 7 nitrogen and oxygen atoms in total. The normalized spacial score (nSPS) is 14.1. The Morgan fingerprint density at radius 1 is 1.14 bits per heavy atom. The van der Waals surface area contributed by atoms with Gasteiger partial charge in [0.15, 0.2) is 0 Å². The Hall–Kier alpha value is -3.87. The Bertz CT molecular complexity index is 1410. The quantitative estimate of drug-likeness (QED) is 0.361. The smallest absolute Gasteiger partial charge is 0.294 e. The monoisotopic (exact) mass is 561 g/mol. The Morgan fingerprint density at radius 3 is 2.64 bits per heavy atom. The standard InChI is InChI=1S/C27H20BrN3O4S/c1-17-6-9-22(10-7-17)30-25(32)15-31-26(33)24(36-27(31)34)13-20-12-21(28)8-11-23(20)35-16-19-5-3-2-4-18(19)14-29/h2-13H,15-16H2,1H3,(H,30,32). The molecule has 3 aromatic rings. The summed E-state index contributed by atoms with van der Waals surface area (Å²) in [6.07, 6.45) is 1.57. The van der Waals surface area contributed by atoms with Crippen molar-refractivity contribution in [2.45, 2.75) is 13.5 Å². The average Bonchev–Trinajstić information content (AvgIpc) is 3.12. The number of benzene rings is 3. The van der Waals surface area contributed by atoms with Crippen LogP contribution in [0.3, 0.4) is 0 Å². The van der Waals surface area contributed by atoms with E-state index in [0.29, 0.717) is 22.6 Å². The predicted octanol–water partition coefficient (Wildman–Crippen LogP) is 5.88. The van der Waals surface area contributed by atoms with Gasteiger partial charge in [0.2, 0.25) is 5.91 Å². The number of anilines is 1. The molecule has 0 bridgehead atoms. The van der Waals surface area contributed by atoms with Crippen LogP contribution in [0.4, 0.5) is 10.5 Å². The van der Waals surface area contributed by atoms with Gasteiger partial charge in [0.25, 0.3) is 11.1 Å². The molecule has 1 fully saturated rings. The van der Waals surface area contributed by atoms with Gasteiger partial charge in [-0.25, -0.2) is 0 Å². The molecule has 3 amide bonds. The van der Waals surface area contributed by atoms with Gasteiger partial charge < -0.3 is 10.1 Å². The highest BCUT2D eigenvalue weighted by Gasteiger charge is 2.36. The van der Waals surface area contributed by atoms with Crippen LogP contribution in [-0.4, -0.2) is 28.5 Å². The van der Waals surface area contributed by atoms with Gasteiger partial charge in [-0.05, 0) is 61.2 Å². The van der Waals surface area contributed by atoms with Crippen LogP contribution in [0.25, 0.3) is 6.08 Å². The maximum atomic E-state index is 13.0. The van der Waals surface area contributed by atoms with E-state index in [1.54, 1.807) is 48.5 Å². The molecule has 1 N–H and O–H groups in total. The van der Waals surface area contributed by atoms with Crippen LogP contribution < -0.4 is 10.1 Å². The van der Waals surface area contributed by atoms with Crippen molar-refractivity contribution in [2.75, 3.05) is 11.9 Å². The molecule has 0 spiro atoms. The van der Waals surface area contributed by atoms with Crippen molar-refractivity contribution < 1.29 is 19.1 Å². The number of ether oxygens (including phenoxy) is 1. The molecule has 180 valence electrons. The molecule has 0 radical (unpaired) electrons. The van der Waals surface area contributed by atoms with Crippen molar-refractivity contribution in [2.24, 2.45) is 0 Å². The Kier molecular flexibility index (Phi) is 7.88. The fraction of sp³-hybridized carbons (Fsp3) is 0.111. The highest BCUT2D eigenvalue weighted by atomic mass is 79.9. The molecular formula is C27H20BrN3O4S. The number of nitriles is 1. The molecule has 4 rings (SSSR count). The third-order valence-corrected chi connectivity index (χ3v) is 6.69. The third kappa shape index (κ3) is 6.03. The first-order valence-electron chi connectivity index (χ1n) is 10.9. The molecular weight excluding hydrogens is 542 g/mol. The summed E-state index contributed by atoms with van der Waals surface area (Å²) in [7, 11) is 0. The average molecular weight is 562 g/mol. The molecule has 1 aliphatic heterocycles. The summed E-state index contributed by atoms with van der Waals surface area (Å²) < 4.78 is 6.72. The van der Waals surface area contributed by atoms with Gasteiger partial charge in [-0.2, -0.15) is 5.26 Å². The van der Waals surface area contributed by atoms with Crippen LogP contribution in [-0.2, 0) is 16.2 Å². The molecule has 0 aromatic heterocycles. The number of hydrogen-bond acceptors (Lipinski definition) is 6. The Labute approximate surface area is 220 Å². The van der Waals surface area contributed by atoms with Gasteiger partial charge in [0, 0.05) is 21.3 Å². The SMILES string of the molecule is Cc1ccc(NC(=O)CN2C(=O)SC(=Cc3cc(Br)ccc3OCc3ccccc3C#N)C2=O)cc1. The molecule has 0 saturated carbocycles. The maximum absolute atomic E-state index is 13.0. The van der Waals surface area contributed by atoms with Crippen molar-refractivity contribution in [1.29, 1.82) is 5.26 Å². The molecule has 1 aliphatic rings. The fourth-order valence-corrected chi connectivity index (χ4v) is 4.64. The van der Waals surface area contributed by atoms with E-state index in [1.807, 2.05) is 31.2 Å². The van der Waals surface area contributed by atoms with E-state index in [1.165, 1.54) is 0 Å². The molecule has 36 heavy (non-hydrogen) atoms. The van der Waals surface area contributed by atoms with Gasteiger partial charge in [0.1, 0.15) is 18.9 Å². The lowest BCUT2D eigenvalue weighted by atomic mass is 10.1. The van der Waals surface area contributed by atoms with Crippen molar-refractivity contribution in [3.63, 3.8) is 0 Å². The number of thioether (sulfide) groups is 1. The number of imide groups is 1. The number of rotatable bonds is 7. The lowest BCUT2D eigenvalue weighted by Gasteiger charge is -2.13. The number of aryl methyl sites for hydroxylation is 1. The van der Waals surface area contributed by atoms with E-state index in [0.717, 1.165) is 32.3 Å². The van der Waals surface area contributed by atoms with Crippen LogP contribution in [0.5, 0.6) is 5.75 Å². The number of nitrogens with zero attached hydrogens (tertiary/aromatic N) is 2. The summed E-state index contributed by atoms with van der Waals surface area (Å²) in [4.78, 5) is 39.0. The van der Waals surface area contributed by atoms with E-state index >= 15 is 0 Å². The predicted molar refractivity (Wildman–Crippen MR) is 142 cm³/mol. The number of hydrogen-bond donors (Lipinski definition) is 1. The number of carbonyl (C=O) groups is 3. The zero-order chi connectivity index (χ0) is 25.7. The Morgan fingerprint density at radius 2 is 1.89 bits per heavy atom. The molecule has 0 atom stereocenters. The first-order valence-corrected chi connectivity index (χ1v) is 12.5. The summed E-state index contributed by atoms with van der Waals surface area (Å²) in [6.45, 7) is 1.71. The zero-order valence-corrected chi connectivity index (χ0v) is 21.6. The molecule has 0 unspecified atom stereocenters. The third-order valence-electron chi connectivity index (χ3n) is 5.29. The Balaban J connectivity index is 1.49. The molecule has 3 aromatic carbocycles. The largest absolute Gasteiger partial charge is 0.488 e. The number of halogens is 1. The van der Waals surface area contributed by atoms with Crippen molar-refractivity contribution in [3.8, 4) is 11.8 Å². The summed E-state index contributed by atoms with van der Waals surface area (Å²) in [6, 6.07) is 21.8. The number of nitrogens with one attached hydrogen (secondary N) is 1. The zero-order valence-electron chi connectivity index (χ0n) is 19.2. The minimum absolute atomic E-state index is 0.160. The second-order valence-electron chi connectivity index (χ2n) is 7.92. The summed E-state index contributed by atoms with van der Waals surface area (Å²) in [5.74, 6) is -0.537. The van der Waals surface area contributed by atoms with Crippen molar-refractivity contribution in [3.05, 3.63) is 98.4 Å². The minimum atomic E-state index is -0.551.